The number of rotatable bonds is 4. The molecule has 0 amide bonds. The van der Waals surface area contributed by atoms with Gasteiger partial charge in [0.25, 0.3) is 0 Å². The average Bonchev–Trinajstić information content (AvgIpc) is 3.00. The van der Waals surface area contributed by atoms with Crippen molar-refractivity contribution in [1.82, 2.24) is 15.0 Å². The van der Waals surface area contributed by atoms with E-state index in [0.29, 0.717) is 5.56 Å². The molecule has 104 valence electrons. The van der Waals surface area contributed by atoms with Crippen molar-refractivity contribution in [1.29, 1.82) is 0 Å². The van der Waals surface area contributed by atoms with Crippen molar-refractivity contribution in [3.63, 3.8) is 0 Å². The summed E-state index contributed by atoms with van der Waals surface area (Å²) in [5.41, 5.74) is 1.35. The van der Waals surface area contributed by atoms with Crippen molar-refractivity contribution in [2.75, 3.05) is 0 Å². The summed E-state index contributed by atoms with van der Waals surface area (Å²) in [6.45, 7) is 0. The third-order valence-corrected chi connectivity index (χ3v) is 3.07. The molecule has 0 saturated heterocycles. The summed E-state index contributed by atoms with van der Waals surface area (Å²) in [7, 11) is 0. The molecule has 0 atom stereocenters. The van der Waals surface area contributed by atoms with Gasteiger partial charge in [0.05, 0.1) is 11.9 Å². The number of hydrogen-bond donors (Lipinski definition) is 0. The van der Waals surface area contributed by atoms with Crippen molar-refractivity contribution in [2.24, 2.45) is 0 Å². The van der Waals surface area contributed by atoms with Crippen LogP contribution in [-0.4, -0.2) is 20.8 Å². The van der Waals surface area contributed by atoms with Crippen LogP contribution in [0.1, 0.15) is 16.1 Å². The lowest BCUT2D eigenvalue weighted by molar-refractivity contribution is 0.0986. The predicted octanol–water partition coefficient (Wildman–Crippen LogP) is 2.83. The zero-order valence-electron chi connectivity index (χ0n) is 11.1. The molecule has 3 aromatic rings. The van der Waals surface area contributed by atoms with Gasteiger partial charge in [-0.15, -0.1) is 5.10 Å². The highest BCUT2D eigenvalue weighted by Gasteiger charge is 2.14. The molecule has 0 aliphatic rings. The van der Waals surface area contributed by atoms with E-state index in [1.54, 1.807) is 18.2 Å². The third kappa shape index (κ3) is 2.86. The van der Waals surface area contributed by atoms with Crippen molar-refractivity contribution < 1.29 is 9.18 Å². The molecule has 0 saturated carbocycles. The van der Waals surface area contributed by atoms with Crippen LogP contribution in [0.15, 0.2) is 60.8 Å². The van der Waals surface area contributed by atoms with E-state index in [-0.39, 0.29) is 23.7 Å². The first-order chi connectivity index (χ1) is 10.2. The molecule has 0 spiro atoms. The lowest BCUT2D eigenvalue weighted by Crippen LogP contribution is -2.07. The molecular weight excluding hydrogens is 269 g/mol. The molecule has 0 unspecified atom stereocenters. The summed E-state index contributed by atoms with van der Waals surface area (Å²) in [5.74, 6) is -0.649. The summed E-state index contributed by atoms with van der Waals surface area (Å²) in [4.78, 5) is 13.5. The first kappa shape index (κ1) is 13.2. The first-order valence-corrected chi connectivity index (χ1v) is 6.48. The summed E-state index contributed by atoms with van der Waals surface area (Å²) in [6.07, 6.45) is 1.37. The van der Waals surface area contributed by atoms with Crippen LogP contribution in [0.3, 0.4) is 0 Å². The summed E-state index contributed by atoms with van der Waals surface area (Å²) >= 11 is 0. The molecule has 3 rings (SSSR count). The van der Waals surface area contributed by atoms with Gasteiger partial charge >= 0.3 is 0 Å². The number of carbonyl (C=O) groups excluding carboxylic acids is 1. The van der Waals surface area contributed by atoms with E-state index in [4.69, 9.17) is 0 Å². The fourth-order valence-electron chi connectivity index (χ4n) is 1.98. The highest BCUT2D eigenvalue weighted by atomic mass is 19.1. The van der Waals surface area contributed by atoms with Gasteiger partial charge in [-0.25, -0.2) is 4.39 Å². The van der Waals surface area contributed by atoms with Crippen molar-refractivity contribution in [3.05, 3.63) is 77.9 Å². The summed E-state index contributed by atoms with van der Waals surface area (Å²) in [5, 5.41) is 8.20. The number of Topliss-reactive ketones (excluding diaryl/α,β-unsaturated/α-hetero) is 1. The largest absolute Gasteiger partial charge is 0.292 e. The maximum atomic E-state index is 13.5. The molecular formula is C16H12FN3O. The molecule has 0 aliphatic heterocycles. The van der Waals surface area contributed by atoms with Gasteiger partial charge in [0, 0.05) is 6.42 Å². The van der Waals surface area contributed by atoms with Crippen molar-refractivity contribution in [2.45, 2.75) is 6.42 Å². The van der Waals surface area contributed by atoms with Crippen molar-refractivity contribution in [3.8, 4) is 5.69 Å². The number of halogens is 1. The normalized spacial score (nSPS) is 10.5. The fraction of sp³-hybridized carbons (Fsp3) is 0.0625. The molecule has 0 N–H and O–H groups in total. The third-order valence-electron chi connectivity index (χ3n) is 3.07. The van der Waals surface area contributed by atoms with E-state index in [1.165, 1.54) is 17.1 Å². The second-order valence-electron chi connectivity index (χ2n) is 4.55. The Hall–Kier alpha value is -2.82. The Balaban J connectivity index is 1.80. The van der Waals surface area contributed by atoms with Gasteiger partial charge < -0.3 is 0 Å². The first-order valence-electron chi connectivity index (χ1n) is 6.48. The monoisotopic (exact) mass is 281 g/mol. The Kier molecular flexibility index (Phi) is 3.55. The number of aromatic nitrogens is 3. The van der Waals surface area contributed by atoms with Gasteiger partial charge in [0.15, 0.2) is 5.78 Å². The van der Waals surface area contributed by atoms with Gasteiger partial charge in [-0.05, 0) is 23.8 Å². The number of carbonyl (C=O) groups is 1. The number of ketones is 1. The minimum Gasteiger partial charge on any atom is -0.292 e. The molecule has 21 heavy (non-hydrogen) atoms. The molecule has 0 aliphatic carbocycles. The van der Waals surface area contributed by atoms with E-state index >= 15 is 0 Å². The highest BCUT2D eigenvalue weighted by molar-refractivity contribution is 5.95. The standard InChI is InChI=1S/C16H12FN3O/c17-14-9-5-4-6-12(14)10-16(21)15-11-18-20(19-15)13-7-2-1-3-8-13/h1-9,11H,10H2. The number of hydrogen-bond acceptors (Lipinski definition) is 3. The topological polar surface area (TPSA) is 47.8 Å². The van der Waals surface area contributed by atoms with Crippen LogP contribution in [0.5, 0.6) is 0 Å². The maximum absolute atomic E-state index is 13.5. The molecule has 1 aromatic heterocycles. The van der Waals surface area contributed by atoms with Crippen LogP contribution >= 0.6 is 0 Å². The highest BCUT2D eigenvalue weighted by Crippen LogP contribution is 2.11. The molecule has 2 aromatic carbocycles. The van der Waals surface area contributed by atoms with Crippen LogP contribution in [0.2, 0.25) is 0 Å². The molecule has 4 nitrogen and oxygen atoms in total. The maximum Gasteiger partial charge on any atom is 0.189 e. The number of benzene rings is 2. The van der Waals surface area contributed by atoms with Gasteiger partial charge in [-0.1, -0.05) is 36.4 Å². The minimum absolute atomic E-state index is 0.0276. The summed E-state index contributed by atoms with van der Waals surface area (Å²) in [6, 6.07) is 15.5. The molecule has 0 bridgehead atoms. The van der Waals surface area contributed by atoms with Crippen molar-refractivity contribution >= 4 is 5.78 Å². The van der Waals surface area contributed by atoms with Gasteiger partial charge in [-0.2, -0.15) is 9.90 Å². The number of para-hydroxylation sites is 1. The quantitative estimate of drug-likeness (QED) is 0.691. The van der Waals surface area contributed by atoms with Gasteiger partial charge in [0.2, 0.25) is 0 Å². The Bertz CT molecular complexity index is 768. The van der Waals surface area contributed by atoms with Gasteiger partial charge in [-0.3, -0.25) is 4.79 Å². The SMILES string of the molecule is O=C(Cc1ccccc1F)c1cnn(-c2ccccc2)n1. The average molecular weight is 281 g/mol. The van der Waals surface area contributed by atoms with Crippen LogP contribution in [0.25, 0.3) is 5.69 Å². The van der Waals surface area contributed by atoms with Crippen LogP contribution in [-0.2, 0) is 6.42 Å². The Morgan fingerprint density at radius 2 is 1.76 bits per heavy atom. The predicted molar refractivity (Wildman–Crippen MR) is 75.8 cm³/mol. The lowest BCUT2D eigenvalue weighted by Gasteiger charge is -2.00. The summed E-state index contributed by atoms with van der Waals surface area (Å²) < 4.78 is 13.5. The van der Waals surface area contributed by atoms with E-state index in [9.17, 15) is 9.18 Å². The smallest absolute Gasteiger partial charge is 0.189 e. The minimum atomic E-state index is -0.388. The van der Waals surface area contributed by atoms with Crippen LogP contribution < -0.4 is 0 Å². The second kappa shape index (κ2) is 5.66. The second-order valence-corrected chi connectivity index (χ2v) is 4.55. The van der Waals surface area contributed by atoms with Crippen LogP contribution in [0.4, 0.5) is 4.39 Å². The lowest BCUT2D eigenvalue weighted by atomic mass is 10.1. The Labute approximate surface area is 120 Å². The number of nitrogens with zero attached hydrogens (tertiary/aromatic N) is 3. The Morgan fingerprint density at radius 1 is 1.05 bits per heavy atom. The fourth-order valence-corrected chi connectivity index (χ4v) is 1.98. The van der Waals surface area contributed by atoms with E-state index < -0.39 is 0 Å². The van der Waals surface area contributed by atoms with Gasteiger partial charge in [0.1, 0.15) is 11.5 Å². The zero-order chi connectivity index (χ0) is 14.7. The Morgan fingerprint density at radius 3 is 2.52 bits per heavy atom. The molecule has 1 heterocycles. The molecule has 0 radical (unpaired) electrons. The van der Waals surface area contributed by atoms with E-state index in [1.807, 2.05) is 30.3 Å². The molecule has 5 heteroatoms. The van der Waals surface area contributed by atoms with E-state index in [2.05, 4.69) is 10.2 Å². The molecule has 0 fully saturated rings. The van der Waals surface area contributed by atoms with E-state index in [0.717, 1.165) is 5.69 Å². The zero-order valence-corrected chi connectivity index (χ0v) is 11.1. The van der Waals surface area contributed by atoms with Crippen LogP contribution in [0, 0.1) is 5.82 Å².